The van der Waals surface area contributed by atoms with Crippen LogP contribution in [-0.4, -0.2) is 60.8 Å². The quantitative estimate of drug-likeness (QED) is 0.853. The van der Waals surface area contributed by atoms with Gasteiger partial charge in [-0.2, -0.15) is 0 Å². The van der Waals surface area contributed by atoms with Crippen molar-refractivity contribution >= 4 is 5.91 Å². The molecule has 0 aliphatic carbocycles. The van der Waals surface area contributed by atoms with E-state index in [2.05, 4.69) is 0 Å². The number of aryl methyl sites for hydroxylation is 1. The fourth-order valence-corrected chi connectivity index (χ4v) is 3.25. The molecule has 5 nitrogen and oxygen atoms in total. The Morgan fingerprint density at radius 3 is 2.77 bits per heavy atom. The lowest BCUT2D eigenvalue weighted by Gasteiger charge is -2.39. The van der Waals surface area contributed by atoms with Gasteiger partial charge in [0.1, 0.15) is 11.5 Å². The van der Waals surface area contributed by atoms with Crippen LogP contribution in [0.1, 0.15) is 24.4 Å². The fourth-order valence-electron chi connectivity index (χ4n) is 3.25. The number of ether oxygens (including phenoxy) is 1. The van der Waals surface area contributed by atoms with E-state index in [1.54, 1.807) is 4.90 Å². The zero-order valence-corrected chi connectivity index (χ0v) is 13.0. The van der Waals surface area contributed by atoms with Crippen LogP contribution in [0.3, 0.4) is 0 Å². The Labute approximate surface area is 130 Å². The summed E-state index contributed by atoms with van der Waals surface area (Å²) in [4.78, 5) is 16.1. The largest absolute Gasteiger partial charge is 0.465 e. The van der Waals surface area contributed by atoms with Crippen LogP contribution < -0.4 is 0 Å². The van der Waals surface area contributed by atoms with E-state index in [1.807, 2.05) is 24.0 Å². The first kappa shape index (κ1) is 15.5. The first-order valence-corrected chi connectivity index (χ1v) is 7.90. The second-order valence-electron chi connectivity index (χ2n) is 6.20. The minimum absolute atomic E-state index is 0.142. The van der Waals surface area contributed by atoms with E-state index in [0.29, 0.717) is 45.7 Å². The summed E-state index contributed by atoms with van der Waals surface area (Å²) in [6, 6.07) is 3.81. The number of piperidine rings is 1. The highest BCUT2D eigenvalue weighted by Gasteiger charge is 2.45. The molecule has 6 heteroatoms. The van der Waals surface area contributed by atoms with Crippen LogP contribution in [-0.2, 0) is 16.1 Å². The van der Waals surface area contributed by atoms with E-state index in [1.165, 1.54) is 0 Å². The SMILES string of the molecule is Cc1ccc(CN2CCCC(F)(C(=O)N3CCOCC3)C2)o1. The van der Waals surface area contributed by atoms with Gasteiger partial charge in [0.05, 0.1) is 19.8 Å². The number of hydrogen-bond acceptors (Lipinski definition) is 4. The van der Waals surface area contributed by atoms with E-state index in [0.717, 1.165) is 18.1 Å². The van der Waals surface area contributed by atoms with Gasteiger partial charge in [-0.3, -0.25) is 9.69 Å². The molecule has 2 aliphatic heterocycles. The molecule has 2 aliphatic rings. The van der Waals surface area contributed by atoms with Gasteiger partial charge >= 0.3 is 0 Å². The number of nitrogens with zero attached hydrogens (tertiary/aromatic N) is 2. The second-order valence-corrected chi connectivity index (χ2v) is 6.20. The molecule has 1 atom stereocenters. The maximum Gasteiger partial charge on any atom is 0.261 e. The van der Waals surface area contributed by atoms with Gasteiger partial charge in [-0.1, -0.05) is 0 Å². The lowest BCUT2D eigenvalue weighted by Crippen LogP contribution is -2.57. The molecule has 22 heavy (non-hydrogen) atoms. The first-order chi connectivity index (χ1) is 10.6. The third-order valence-corrected chi connectivity index (χ3v) is 4.38. The van der Waals surface area contributed by atoms with Crippen LogP contribution >= 0.6 is 0 Å². The molecule has 0 N–H and O–H groups in total. The number of alkyl halides is 1. The average Bonchev–Trinajstić information content (AvgIpc) is 2.92. The molecule has 1 aromatic rings. The standard InChI is InChI=1S/C16H23FN2O3/c1-13-3-4-14(22-13)11-18-6-2-5-16(17,12-18)15(20)19-7-9-21-10-8-19/h3-4H,2,5-12H2,1H3. The van der Waals surface area contributed by atoms with Crippen molar-refractivity contribution in [3.63, 3.8) is 0 Å². The van der Waals surface area contributed by atoms with E-state index in [4.69, 9.17) is 9.15 Å². The van der Waals surface area contributed by atoms with Gasteiger partial charge in [0.2, 0.25) is 5.67 Å². The summed E-state index contributed by atoms with van der Waals surface area (Å²) < 4.78 is 26.0. The molecule has 0 bridgehead atoms. The lowest BCUT2D eigenvalue weighted by atomic mass is 9.92. The van der Waals surface area contributed by atoms with Crippen molar-refractivity contribution in [2.75, 3.05) is 39.4 Å². The summed E-state index contributed by atoms with van der Waals surface area (Å²) in [5.41, 5.74) is -1.78. The van der Waals surface area contributed by atoms with Gasteiger partial charge in [0, 0.05) is 19.6 Å². The number of halogens is 1. The number of amides is 1. The Balaban J connectivity index is 1.64. The van der Waals surface area contributed by atoms with Crippen LogP contribution in [0.25, 0.3) is 0 Å². The van der Waals surface area contributed by atoms with Crippen molar-refractivity contribution in [3.8, 4) is 0 Å². The number of carbonyl (C=O) groups excluding carboxylic acids is 1. The predicted octanol–water partition coefficient (Wildman–Crippen LogP) is 1.75. The summed E-state index contributed by atoms with van der Waals surface area (Å²) in [6.45, 7) is 5.35. The highest BCUT2D eigenvalue weighted by molar-refractivity contribution is 5.85. The molecule has 3 heterocycles. The molecule has 3 rings (SSSR count). The highest BCUT2D eigenvalue weighted by Crippen LogP contribution is 2.29. The predicted molar refractivity (Wildman–Crippen MR) is 79.2 cm³/mol. The lowest BCUT2D eigenvalue weighted by molar-refractivity contribution is -0.152. The van der Waals surface area contributed by atoms with Gasteiger partial charge < -0.3 is 14.1 Å². The molecule has 2 saturated heterocycles. The highest BCUT2D eigenvalue weighted by atomic mass is 19.1. The molecule has 1 aromatic heterocycles. The Hall–Kier alpha value is -1.40. The zero-order valence-electron chi connectivity index (χ0n) is 13.0. The third kappa shape index (κ3) is 3.33. The normalized spacial score (nSPS) is 27.1. The molecular weight excluding hydrogens is 287 g/mol. The van der Waals surface area contributed by atoms with Gasteiger partial charge in [-0.05, 0) is 38.4 Å². The summed E-state index contributed by atoms with van der Waals surface area (Å²) in [5, 5.41) is 0. The van der Waals surface area contributed by atoms with Crippen LogP contribution in [0, 0.1) is 6.92 Å². The van der Waals surface area contributed by atoms with Crippen molar-refractivity contribution < 1.29 is 18.3 Å². The smallest absolute Gasteiger partial charge is 0.261 e. The van der Waals surface area contributed by atoms with Gasteiger partial charge in [-0.15, -0.1) is 0 Å². The van der Waals surface area contributed by atoms with Crippen molar-refractivity contribution in [2.24, 2.45) is 0 Å². The van der Waals surface area contributed by atoms with Crippen LogP contribution in [0.15, 0.2) is 16.5 Å². The minimum Gasteiger partial charge on any atom is -0.465 e. The molecule has 0 spiro atoms. The fraction of sp³-hybridized carbons (Fsp3) is 0.688. The average molecular weight is 310 g/mol. The molecule has 0 saturated carbocycles. The molecule has 1 amide bonds. The number of rotatable bonds is 3. The Bertz CT molecular complexity index is 527. The van der Waals surface area contributed by atoms with Crippen molar-refractivity contribution in [1.29, 1.82) is 0 Å². The molecule has 2 fully saturated rings. The van der Waals surface area contributed by atoms with Gasteiger partial charge in [0.15, 0.2) is 0 Å². The number of carbonyl (C=O) groups is 1. The Morgan fingerprint density at radius 1 is 1.32 bits per heavy atom. The Kier molecular flexibility index (Phi) is 4.49. The van der Waals surface area contributed by atoms with Crippen molar-refractivity contribution in [3.05, 3.63) is 23.7 Å². The Morgan fingerprint density at radius 2 is 2.09 bits per heavy atom. The second kappa shape index (κ2) is 6.38. The molecule has 1 unspecified atom stereocenters. The number of furan rings is 1. The molecule has 0 aromatic carbocycles. The number of hydrogen-bond donors (Lipinski definition) is 0. The molecule has 122 valence electrons. The molecule has 0 radical (unpaired) electrons. The minimum atomic E-state index is -1.78. The maximum absolute atomic E-state index is 15.2. The van der Waals surface area contributed by atoms with Crippen LogP contribution in [0.2, 0.25) is 0 Å². The van der Waals surface area contributed by atoms with Gasteiger partial charge in [0.25, 0.3) is 5.91 Å². The van der Waals surface area contributed by atoms with Crippen LogP contribution in [0.5, 0.6) is 0 Å². The van der Waals surface area contributed by atoms with Crippen molar-refractivity contribution in [1.82, 2.24) is 9.80 Å². The van der Waals surface area contributed by atoms with Gasteiger partial charge in [-0.25, -0.2) is 4.39 Å². The van der Waals surface area contributed by atoms with Crippen molar-refractivity contribution in [2.45, 2.75) is 32.0 Å². The monoisotopic (exact) mass is 310 g/mol. The number of likely N-dealkylation sites (tertiary alicyclic amines) is 1. The number of morpholine rings is 1. The zero-order chi connectivity index (χ0) is 15.6. The molecular formula is C16H23FN2O3. The maximum atomic E-state index is 15.2. The van der Waals surface area contributed by atoms with E-state index < -0.39 is 5.67 Å². The van der Waals surface area contributed by atoms with E-state index >= 15 is 4.39 Å². The van der Waals surface area contributed by atoms with Crippen LogP contribution in [0.4, 0.5) is 4.39 Å². The van der Waals surface area contributed by atoms with E-state index in [-0.39, 0.29) is 12.5 Å². The summed E-state index contributed by atoms with van der Waals surface area (Å²) in [6.07, 6.45) is 0.989. The summed E-state index contributed by atoms with van der Waals surface area (Å²) >= 11 is 0. The van der Waals surface area contributed by atoms with E-state index in [9.17, 15) is 4.79 Å². The topological polar surface area (TPSA) is 45.9 Å². The third-order valence-electron chi connectivity index (χ3n) is 4.38. The summed E-state index contributed by atoms with van der Waals surface area (Å²) in [7, 11) is 0. The summed E-state index contributed by atoms with van der Waals surface area (Å²) in [5.74, 6) is 1.29. The first-order valence-electron chi connectivity index (χ1n) is 7.90.